The minimum Gasteiger partial charge on any atom is -0.493 e. The summed E-state index contributed by atoms with van der Waals surface area (Å²) in [5, 5.41) is 5.93. The van der Waals surface area contributed by atoms with Crippen molar-refractivity contribution in [3.05, 3.63) is 54.1 Å². The van der Waals surface area contributed by atoms with Crippen LogP contribution in [0.25, 0.3) is 0 Å². The number of guanidine groups is 1. The molecule has 0 radical (unpaired) electrons. The van der Waals surface area contributed by atoms with Gasteiger partial charge in [0.05, 0.1) is 20.8 Å². The van der Waals surface area contributed by atoms with Gasteiger partial charge >= 0.3 is 0 Å². The van der Waals surface area contributed by atoms with Crippen LogP contribution in [0.2, 0.25) is 0 Å². The van der Waals surface area contributed by atoms with Crippen LogP contribution >= 0.6 is 0 Å². The number of nitrogens with one attached hydrogen (secondary N) is 2. The first-order chi connectivity index (χ1) is 13.6. The first kappa shape index (κ1) is 21.1. The average Bonchev–Trinajstić information content (AvgIpc) is 2.73. The lowest BCUT2D eigenvalue weighted by molar-refractivity contribution is -0.115. The topological polar surface area (TPSA) is 75.2 Å². The number of anilines is 1. The van der Waals surface area contributed by atoms with Gasteiger partial charge in [-0.3, -0.25) is 9.79 Å². The standard InChI is InChI=1S/C21H28N4O3/c1-22-21(23-15-20(26)24-17-8-6-5-7-9-17)25(2)13-12-16-10-11-18(27-3)19(14-16)28-4/h5-11,14H,12-13,15H2,1-4H3,(H,22,23)(H,24,26). The second-order valence-electron chi connectivity index (χ2n) is 6.18. The Labute approximate surface area is 166 Å². The molecule has 2 aromatic carbocycles. The molecule has 2 rings (SSSR count). The van der Waals surface area contributed by atoms with E-state index in [1.54, 1.807) is 21.3 Å². The van der Waals surface area contributed by atoms with E-state index in [0.717, 1.165) is 24.2 Å². The molecule has 0 aromatic heterocycles. The van der Waals surface area contributed by atoms with Crippen LogP contribution in [0.4, 0.5) is 5.69 Å². The van der Waals surface area contributed by atoms with Gasteiger partial charge in [-0.2, -0.15) is 0 Å². The molecule has 7 heteroatoms. The number of amides is 1. The highest BCUT2D eigenvalue weighted by Gasteiger charge is 2.10. The maximum Gasteiger partial charge on any atom is 0.243 e. The van der Waals surface area contributed by atoms with Gasteiger partial charge in [0.1, 0.15) is 0 Å². The van der Waals surface area contributed by atoms with E-state index in [0.29, 0.717) is 17.5 Å². The fourth-order valence-corrected chi connectivity index (χ4v) is 2.71. The Bertz CT molecular complexity index is 793. The number of para-hydroxylation sites is 1. The quantitative estimate of drug-likeness (QED) is 0.540. The molecule has 0 saturated heterocycles. The second kappa shape index (κ2) is 10.8. The van der Waals surface area contributed by atoms with Gasteiger partial charge in [0.15, 0.2) is 17.5 Å². The molecular formula is C21H28N4O3. The molecule has 0 heterocycles. The van der Waals surface area contributed by atoms with Gasteiger partial charge in [0, 0.05) is 26.3 Å². The van der Waals surface area contributed by atoms with Crippen molar-refractivity contribution in [2.45, 2.75) is 6.42 Å². The number of carbonyl (C=O) groups excluding carboxylic acids is 1. The molecule has 28 heavy (non-hydrogen) atoms. The lowest BCUT2D eigenvalue weighted by atomic mass is 10.1. The number of likely N-dealkylation sites (N-methyl/N-ethyl adjacent to an activating group) is 1. The molecule has 150 valence electrons. The minimum absolute atomic E-state index is 0.124. The Hall–Kier alpha value is -3.22. The van der Waals surface area contributed by atoms with Crippen LogP contribution in [0, 0.1) is 0 Å². The third kappa shape index (κ3) is 6.19. The summed E-state index contributed by atoms with van der Waals surface area (Å²) < 4.78 is 10.6. The molecule has 0 atom stereocenters. The van der Waals surface area contributed by atoms with Crippen LogP contribution in [-0.4, -0.2) is 58.2 Å². The van der Waals surface area contributed by atoms with Crippen molar-refractivity contribution in [3.63, 3.8) is 0 Å². The number of methoxy groups -OCH3 is 2. The van der Waals surface area contributed by atoms with Crippen LogP contribution in [-0.2, 0) is 11.2 Å². The molecule has 0 aliphatic rings. The number of benzene rings is 2. The molecule has 2 aromatic rings. The maximum atomic E-state index is 12.1. The molecule has 1 amide bonds. The molecular weight excluding hydrogens is 356 g/mol. The summed E-state index contributed by atoms with van der Waals surface area (Å²) in [7, 11) is 6.88. The van der Waals surface area contributed by atoms with E-state index in [-0.39, 0.29) is 12.5 Å². The number of carbonyl (C=O) groups is 1. The highest BCUT2D eigenvalue weighted by atomic mass is 16.5. The van der Waals surface area contributed by atoms with Gasteiger partial charge in [-0.05, 0) is 36.2 Å². The predicted molar refractivity (Wildman–Crippen MR) is 112 cm³/mol. The summed E-state index contributed by atoms with van der Waals surface area (Å²) in [5.41, 5.74) is 1.90. The molecule has 0 aliphatic heterocycles. The lowest BCUT2D eigenvalue weighted by Gasteiger charge is -2.22. The molecule has 0 saturated carbocycles. The van der Waals surface area contributed by atoms with Gasteiger partial charge in [-0.1, -0.05) is 24.3 Å². The van der Waals surface area contributed by atoms with Gasteiger partial charge in [0.25, 0.3) is 0 Å². The number of nitrogens with zero attached hydrogens (tertiary/aromatic N) is 2. The zero-order chi connectivity index (χ0) is 20.4. The van der Waals surface area contributed by atoms with Crippen molar-refractivity contribution in [2.24, 2.45) is 4.99 Å². The third-order valence-corrected chi connectivity index (χ3v) is 4.22. The summed E-state index contributed by atoms with van der Waals surface area (Å²) in [4.78, 5) is 18.3. The summed E-state index contributed by atoms with van der Waals surface area (Å²) in [6.45, 7) is 0.873. The van der Waals surface area contributed by atoms with Crippen molar-refractivity contribution in [2.75, 3.05) is 46.7 Å². The SMILES string of the molecule is CN=C(NCC(=O)Nc1ccccc1)N(C)CCc1ccc(OC)c(OC)c1. The molecule has 2 N–H and O–H groups in total. The highest BCUT2D eigenvalue weighted by molar-refractivity contribution is 5.94. The number of hydrogen-bond donors (Lipinski definition) is 2. The van der Waals surface area contributed by atoms with E-state index >= 15 is 0 Å². The van der Waals surface area contributed by atoms with E-state index in [2.05, 4.69) is 15.6 Å². The Balaban J connectivity index is 1.84. The number of aliphatic imine (C=N–C) groups is 1. The normalized spacial score (nSPS) is 10.9. The van der Waals surface area contributed by atoms with Crippen molar-refractivity contribution < 1.29 is 14.3 Å². The molecule has 0 unspecified atom stereocenters. The highest BCUT2D eigenvalue weighted by Crippen LogP contribution is 2.27. The van der Waals surface area contributed by atoms with Crippen LogP contribution in [0.3, 0.4) is 0 Å². The van der Waals surface area contributed by atoms with Crippen molar-refractivity contribution in [1.29, 1.82) is 0 Å². The fraction of sp³-hybridized carbons (Fsp3) is 0.333. The maximum absolute atomic E-state index is 12.1. The van der Waals surface area contributed by atoms with Gasteiger partial charge in [0.2, 0.25) is 5.91 Å². The van der Waals surface area contributed by atoms with Crippen LogP contribution < -0.4 is 20.1 Å². The van der Waals surface area contributed by atoms with Crippen molar-refractivity contribution in [1.82, 2.24) is 10.2 Å². The van der Waals surface area contributed by atoms with E-state index in [1.165, 1.54) is 0 Å². The number of rotatable bonds is 8. The first-order valence-corrected chi connectivity index (χ1v) is 9.05. The van der Waals surface area contributed by atoms with Gasteiger partial charge < -0.3 is 25.0 Å². The van der Waals surface area contributed by atoms with Crippen molar-refractivity contribution >= 4 is 17.6 Å². The Morgan fingerprint density at radius 1 is 1.07 bits per heavy atom. The predicted octanol–water partition coefficient (Wildman–Crippen LogP) is 2.39. The summed E-state index contributed by atoms with van der Waals surface area (Å²) in [5.74, 6) is 1.95. The molecule has 0 bridgehead atoms. The molecule has 7 nitrogen and oxygen atoms in total. The van der Waals surface area contributed by atoms with E-state index in [9.17, 15) is 4.79 Å². The number of ether oxygens (including phenoxy) is 2. The zero-order valence-corrected chi connectivity index (χ0v) is 16.9. The largest absolute Gasteiger partial charge is 0.493 e. The van der Waals surface area contributed by atoms with Crippen LogP contribution in [0.5, 0.6) is 11.5 Å². The summed E-state index contributed by atoms with van der Waals surface area (Å²) in [6, 6.07) is 15.2. The zero-order valence-electron chi connectivity index (χ0n) is 16.9. The van der Waals surface area contributed by atoms with Crippen LogP contribution in [0.1, 0.15) is 5.56 Å². The van der Waals surface area contributed by atoms with E-state index in [4.69, 9.17) is 9.47 Å². The Morgan fingerprint density at radius 3 is 2.43 bits per heavy atom. The summed E-state index contributed by atoms with van der Waals surface area (Å²) in [6.07, 6.45) is 0.799. The average molecular weight is 384 g/mol. The fourth-order valence-electron chi connectivity index (χ4n) is 2.71. The lowest BCUT2D eigenvalue weighted by Crippen LogP contribution is -2.43. The van der Waals surface area contributed by atoms with E-state index in [1.807, 2.05) is 60.5 Å². The van der Waals surface area contributed by atoms with Crippen LogP contribution in [0.15, 0.2) is 53.5 Å². The Morgan fingerprint density at radius 2 is 1.79 bits per heavy atom. The first-order valence-electron chi connectivity index (χ1n) is 9.05. The van der Waals surface area contributed by atoms with Gasteiger partial charge in [-0.15, -0.1) is 0 Å². The monoisotopic (exact) mass is 384 g/mol. The molecule has 0 aliphatic carbocycles. The van der Waals surface area contributed by atoms with Crippen molar-refractivity contribution in [3.8, 4) is 11.5 Å². The molecule has 0 fully saturated rings. The van der Waals surface area contributed by atoms with E-state index < -0.39 is 0 Å². The second-order valence-corrected chi connectivity index (χ2v) is 6.18. The Kier molecular flexibility index (Phi) is 8.14. The smallest absolute Gasteiger partial charge is 0.243 e. The summed E-state index contributed by atoms with van der Waals surface area (Å²) >= 11 is 0. The number of hydrogen-bond acceptors (Lipinski definition) is 4. The third-order valence-electron chi connectivity index (χ3n) is 4.22. The minimum atomic E-state index is -0.124. The molecule has 0 spiro atoms. The van der Waals surface area contributed by atoms with Gasteiger partial charge in [-0.25, -0.2) is 0 Å².